The number of aliphatic hydroxyl groups excluding tert-OH is 2. The molecule has 2 aromatic carbocycles. The molecule has 2 fully saturated rings. The number of nitrogens with one attached hydrogen (secondary N) is 1. The summed E-state index contributed by atoms with van der Waals surface area (Å²) in [5, 5.41) is 20.5. The molecule has 0 aliphatic carbocycles. The maximum absolute atomic E-state index is 12.7. The van der Waals surface area contributed by atoms with Crippen molar-refractivity contribution in [1.82, 2.24) is 9.62 Å². The van der Waals surface area contributed by atoms with Gasteiger partial charge in [-0.25, -0.2) is 13.1 Å². The number of nitrogens with zero attached hydrogens (tertiary/aromatic N) is 2. The van der Waals surface area contributed by atoms with E-state index in [-0.39, 0.29) is 18.0 Å². The second kappa shape index (κ2) is 9.86. The highest BCUT2D eigenvalue weighted by Crippen LogP contribution is 2.28. The van der Waals surface area contributed by atoms with Crippen LogP contribution in [0.4, 0.5) is 5.69 Å². The highest BCUT2D eigenvalue weighted by atomic mass is 32.2. The van der Waals surface area contributed by atoms with Gasteiger partial charge >= 0.3 is 0 Å². The van der Waals surface area contributed by atoms with Crippen LogP contribution < -0.4 is 9.62 Å². The van der Waals surface area contributed by atoms with Crippen LogP contribution in [-0.4, -0.2) is 87.2 Å². The predicted octanol–water partition coefficient (Wildman–Crippen LogP) is 0.585. The van der Waals surface area contributed by atoms with Gasteiger partial charge in [-0.1, -0.05) is 35.9 Å². The lowest BCUT2D eigenvalue weighted by Gasteiger charge is -2.41. The van der Waals surface area contributed by atoms with Crippen molar-refractivity contribution in [3.05, 3.63) is 60.2 Å². The van der Waals surface area contributed by atoms with Crippen LogP contribution in [0.5, 0.6) is 0 Å². The Morgan fingerprint density at radius 2 is 1.66 bits per heavy atom. The largest absolute Gasteiger partial charge is 0.394 e. The van der Waals surface area contributed by atoms with Gasteiger partial charge in [0.2, 0.25) is 10.0 Å². The van der Waals surface area contributed by atoms with Crippen molar-refractivity contribution in [2.24, 2.45) is 0 Å². The maximum Gasteiger partial charge on any atom is 0.240 e. The minimum Gasteiger partial charge on any atom is -0.394 e. The molecular weight excluding hydrogens is 430 g/mol. The van der Waals surface area contributed by atoms with E-state index in [2.05, 4.69) is 26.7 Å². The van der Waals surface area contributed by atoms with Gasteiger partial charge in [0.25, 0.3) is 0 Å². The molecule has 0 saturated carbocycles. The fourth-order valence-corrected chi connectivity index (χ4v) is 5.55. The predicted molar refractivity (Wildman–Crippen MR) is 122 cm³/mol. The Morgan fingerprint density at radius 1 is 1.00 bits per heavy atom. The third-order valence-electron chi connectivity index (χ3n) is 6.30. The second-order valence-electron chi connectivity index (χ2n) is 8.40. The van der Waals surface area contributed by atoms with Crippen LogP contribution in [-0.2, 0) is 14.8 Å². The first-order valence-corrected chi connectivity index (χ1v) is 12.4. The zero-order valence-electron chi connectivity index (χ0n) is 18.2. The van der Waals surface area contributed by atoms with Gasteiger partial charge in [0.15, 0.2) is 0 Å². The van der Waals surface area contributed by atoms with Gasteiger partial charge in [0, 0.05) is 38.4 Å². The molecule has 2 aliphatic rings. The number of aliphatic hydroxyl groups is 2. The van der Waals surface area contributed by atoms with Gasteiger partial charge < -0.3 is 19.8 Å². The van der Waals surface area contributed by atoms with E-state index in [0.29, 0.717) is 13.1 Å². The minimum atomic E-state index is -3.71. The molecule has 2 saturated heterocycles. The first kappa shape index (κ1) is 23.2. The Balaban J connectivity index is 1.42. The molecule has 174 valence electrons. The number of hydrogen-bond donors (Lipinski definition) is 3. The smallest absolute Gasteiger partial charge is 0.240 e. The fourth-order valence-electron chi connectivity index (χ4n) is 4.51. The molecule has 2 aliphatic heterocycles. The van der Waals surface area contributed by atoms with E-state index < -0.39 is 34.4 Å². The van der Waals surface area contributed by atoms with E-state index in [4.69, 9.17) is 4.74 Å². The van der Waals surface area contributed by atoms with Crippen molar-refractivity contribution in [3.63, 3.8) is 0 Å². The van der Waals surface area contributed by atoms with Gasteiger partial charge in [0.05, 0.1) is 23.6 Å². The molecule has 4 rings (SSSR count). The Kier molecular flexibility index (Phi) is 7.14. The van der Waals surface area contributed by atoms with Crippen LogP contribution in [0.25, 0.3) is 0 Å². The van der Waals surface area contributed by atoms with E-state index in [9.17, 15) is 18.6 Å². The molecule has 4 unspecified atom stereocenters. The molecule has 0 spiro atoms. The summed E-state index contributed by atoms with van der Waals surface area (Å²) in [7, 11) is -3.71. The first-order valence-electron chi connectivity index (χ1n) is 10.9. The van der Waals surface area contributed by atoms with Crippen molar-refractivity contribution >= 4 is 15.7 Å². The molecule has 0 bridgehead atoms. The van der Waals surface area contributed by atoms with Crippen LogP contribution >= 0.6 is 0 Å². The summed E-state index contributed by atoms with van der Waals surface area (Å²) < 4.78 is 33.9. The normalized spacial score (nSPS) is 27.0. The molecule has 0 radical (unpaired) electrons. The lowest BCUT2D eigenvalue weighted by molar-refractivity contribution is -0.0201. The second-order valence-corrected chi connectivity index (χ2v) is 10.2. The molecule has 8 nitrogen and oxygen atoms in total. The van der Waals surface area contributed by atoms with Gasteiger partial charge in [-0.3, -0.25) is 4.90 Å². The van der Waals surface area contributed by atoms with Crippen LogP contribution in [0, 0.1) is 6.92 Å². The van der Waals surface area contributed by atoms with Gasteiger partial charge in [-0.15, -0.1) is 0 Å². The number of aryl methyl sites for hydroxylation is 1. The number of rotatable bonds is 7. The van der Waals surface area contributed by atoms with Crippen molar-refractivity contribution in [2.75, 3.05) is 44.2 Å². The molecule has 0 amide bonds. The molecule has 0 aromatic heterocycles. The molecule has 2 aromatic rings. The number of hydrogen-bond acceptors (Lipinski definition) is 7. The summed E-state index contributed by atoms with van der Waals surface area (Å²) in [6.45, 7) is 4.60. The number of para-hydroxylation sites is 1. The zero-order chi connectivity index (χ0) is 22.7. The third-order valence-corrected chi connectivity index (χ3v) is 7.74. The van der Waals surface area contributed by atoms with Crippen LogP contribution in [0.1, 0.15) is 5.56 Å². The zero-order valence-corrected chi connectivity index (χ0v) is 19.0. The molecule has 9 heteroatoms. The summed E-state index contributed by atoms with van der Waals surface area (Å²) >= 11 is 0. The number of piperazine rings is 1. The quantitative estimate of drug-likeness (QED) is 0.555. The summed E-state index contributed by atoms with van der Waals surface area (Å²) in [5.41, 5.74) is 2.14. The standard InChI is InChI=1S/C23H31N3O5S/c1-17-7-9-19(10-8-17)32(29,30)24-15-20-22(23(28)21(16-27)31-20)26-13-11-25(12-14-26)18-5-3-2-4-6-18/h2-10,20-24,27-28H,11-16H2,1H3. The Bertz CT molecular complexity index is 978. The van der Waals surface area contributed by atoms with Gasteiger partial charge in [-0.2, -0.15) is 0 Å². The van der Waals surface area contributed by atoms with E-state index in [1.165, 1.54) is 0 Å². The highest BCUT2D eigenvalue weighted by Gasteiger charge is 2.47. The average molecular weight is 462 g/mol. The summed E-state index contributed by atoms with van der Waals surface area (Å²) in [5.74, 6) is 0. The molecule has 2 heterocycles. The van der Waals surface area contributed by atoms with Crippen LogP contribution in [0.15, 0.2) is 59.5 Å². The summed E-state index contributed by atoms with van der Waals surface area (Å²) in [6, 6.07) is 16.4. The Hall–Kier alpha value is -2.01. The van der Waals surface area contributed by atoms with E-state index >= 15 is 0 Å². The van der Waals surface area contributed by atoms with Gasteiger partial charge in [-0.05, 0) is 31.2 Å². The average Bonchev–Trinajstić information content (AvgIpc) is 3.14. The molecular formula is C23H31N3O5S. The SMILES string of the molecule is Cc1ccc(S(=O)(=O)NCC2OC(CO)C(O)C2N2CCN(c3ccccc3)CC2)cc1. The topological polar surface area (TPSA) is 102 Å². The maximum atomic E-state index is 12.7. The number of benzene rings is 2. The summed E-state index contributed by atoms with van der Waals surface area (Å²) in [6.07, 6.45) is -2.19. The first-order chi connectivity index (χ1) is 15.4. The van der Waals surface area contributed by atoms with E-state index in [1.807, 2.05) is 25.1 Å². The lowest BCUT2D eigenvalue weighted by atomic mass is 10.0. The Labute approximate surface area is 189 Å². The minimum absolute atomic E-state index is 0.0212. The number of ether oxygens (including phenoxy) is 1. The molecule has 4 atom stereocenters. The van der Waals surface area contributed by atoms with Crippen molar-refractivity contribution < 1.29 is 23.4 Å². The monoisotopic (exact) mass is 461 g/mol. The third kappa shape index (κ3) is 4.98. The molecule has 3 N–H and O–H groups in total. The fraction of sp³-hybridized carbons (Fsp3) is 0.478. The lowest BCUT2D eigenvalue weighted by Crippen LogP contribution is -2.57. The van der Waals surface area contributed by atoms with Crippen molar-refractivity contribution in [1.29, 1.82) is 0 Å². The summed E-state index contributed by atoms with van der Waals surface area (Å²) in [4.78, 5) is 4.62. The van der Waals surface area contributed by atoms with E-state index in [0.717, 1.165) is 24.3 Å². The highest BCUT2D eigenvalue weighted by molar-refractivity contribution is 7.89. The van der Waals surface area contributed by atoms with Crippen molar-refractivity contribution in [3.8, 4) is 0 Å². The molecule has 32 heavy (non-hydrogen) atoms. The van der Waals surface area contributed by atoms with Crippen molar-refractivity contribution in [2.45, 2.75) is 36.2 Å². The number of anilines is 1. The number of sulfonamides is 1. The Morgan fingerprint density at radius 3 is 2.28 bits per heavy atom. The van der Waals surface area contributed by atoms with Gasteiger partial charge in [0.1, 0.15) is 12.2 Å². The van der Waals surface area contributed by atoms with Crippen LogP contribution in [0.2, 0.25) is 0 Å². The van der Waals surface area contributed by atoms with E-state index in [1.54, 1.807) is 24.3 Å². The van der Waals surface area contributed by atoms with Crippen LogP contribution in [0.3, 0.4) is 0 Å².